The average molecular weight is 206 g/mol. The van der Waals surface area contributed by atoms with Crippen molar-refractivity contribution < 1.29 is 4.74 Å². The number of piperidine rings is 1. The van der Waals surface area contributed by atoms with Crippen LogP contribution in [0.4, 0.5) is 0 Å². The van der Waals surface area contributed by atoms with Crippen LogP contribution in [-0.4, -0.2) is 28.7 Å². The summed E-state index contributed by atoms with van der Waals surface area (Å²) < 4.78 is 7.37. The van der Waals surface area contributed by atoms with Gasteiger partial charge in [-0.25, -0.2) is 4.42 Å². The van der Waals surface area contributed by atoms with Crippen LogP contribution in [-0.2, 0) is 4.74 Å². The molecule has 78 valence electrons. The average Bonchev–Trinajstić information content (AvgIpc) is 1.99. The third kappa shape index (κ3) is 2.17. The number of hydrogen-bond acceptors (Lipinski definition) is 2. The Morgan fingerprint density at radius 1 is 1.15 bits per heavy atom. The zero-order chi connectivity index (χ0) is 10.3. The molecule has 0 aromatic carbocycles. The Bertz CT molecular complexity index is 173. The first-order valence-corrected chi connectivity index (χ1v) is 5.12. The predicted molar refractivity (Wildman–Crippen MR) is 55.9 cm³/mol. The Labute approximate surface area is 86.3 Å². The summed E-state index contributed by atoms with van der Waals surface area (Å²) in [7, 11) is 1.78. The summed E-state index contributed by atoms with van der Waals surface area (Å²) in [6.45, 7) is 8.64. The van der Waals surface area contributed by atoms with Crippen LogP contribution in [0.25, 0.3) is 0 Å². The second kappa shape index (κ2) is 3.41. The molecule has 1 aliphatic heterocycles. The van der Waals surface area contributed by atoms with Gasteiger partial charge in [0.15, 0.2) is 0 Å². The first-order chi connectivity index (χ1) is 5.79. The molecule has 13 heavy (non-hydrogen) atoms. The number of methoxy groups -OCH3 is 1. The van der Waals surface area contributed by atoms with Gasteiger partial charge in [-0.05, 0) is 52.3 Å². The van der Waals surface area contributed by atoms with Crippen molar-refractivity contribution in [3.63, 3.8) is 0 Å². The highest BCUT2D eigenvalue weighted by Gasteiger charge is 2.44. The minimum Gasteiger partial charge on any atom is -0.381 e. The number of hydrogen-bond donors (Lipinski definition) is 0. The lowest BCUT2D eigenvalue weighted by Crippen LogP contribution is -2.57. The standard InChI is InChI=1S/C10H20ClNO/c1-9(2)6-8(13-5)7-10(3,4)12(9)11/h8H,6-7H2,1-5H3. The minimum absolute atomic E-state index is 0.0178. The molecule has 1 fully saturated rings. The van der Waals surface area contributed by atoms with Crippen LogP contribution in [0.15, 0.2) is 0 Å². The van der Waals surface area contributed by atoms with E-state index >= 15 is 0 Å². The third-order valence-corrected chi connectivity index (χ3v) is 3.77. The molecule has 1 heterocycles. The number of nitrogens with zero attached hydrogens (tertiary/aromatic N) is 1. The third-order valence-electron chi connectivity index (χ3n) is 2.85. The van der Waals surface area contributed by atoms with Crippen molar-refractivity contribution in [2.24, 2.45) is 0 Å². The van der Waals surface area contributed by atoms with E-state index in [0.29, 0.717) is 6.10 Å². The number of ether oxygens (including phenoxy) is 1. The minimum atomic E-state index is 0.0178. The van der Waals surface area contributed by atoms with Crippen molar-refractivity contribution in [1.29, 1.82) is 0 Å². The first kappa shape index (κ1) is 11.3. The van der Waals surface area contributed by atoms with E-state index in [1.807, 2.05) is 4.42 Å². The van der Waals surface area contributed by atoms with Gasteiger partial charge in [-0.1, -0.05) is 0 Å². The fourth-order valence-corrected chi connectivity index (χ4v) is 2.47. The van der Waals surface area contributed by atoms with Crippen molar-refractivity contribution >= 4 is 11.8 Å². The Morgan fingerprint density at radius 3 is 1.85 bits per heavy atom. The van der Waals surface area contributed by atoms with E-state index in [1.165, 1.54) is 0 Å². The van der Waals surface area contributed by atoms with Gasteiger partial charge in [0, 0.05) is 18.2 Å². The first-order valence-electron chi connectivity index (χ1n) is 4.78. The molecule has 3 heteroatoms. The summed E-state index contributed by atoms with van der Waals surface area (Å²) in [5, 5.41) is 0. The molecule has 0 spiro atoms. The monoisotopic (exact) mass is 205 g/mol. The molecule has 0 N–H and O–H groups in total. The molecule has 0 atom stereocenters. The highest BCUT2D eigenvalue weighted by atomic mass is 35.5. The molecule has 0 aromatic rings. The molecular weight excluding hydrogens is 186 g/mol. The van der Waals surface area contributed by atoms with Gasteiger partial charge in [0.05, 0.1) is 6.10 Å². The van der Waals surface area contributed by atoms with Crippen LogP contribution in [0.3, 0.4) is 0 Å². The van der Waals surface area contributed by atoms with Crippen LogP contribution in [0.2, 0.25) is 0 Å². The van der Waals surface area contributed by atoms with Gasteiger partial charge >= 0.3 is 0 Å². The van der Waals surface area contributed by atoms with Gasteiger partial charge in [-0.3, -0.25) is 0 Å². The van der Waals surface area contributed by atoms with E-state index in [2.05, 4.69) is 27.7 Å². The van der Waals surface area contributed by atoms with E-state index in [1.54, 1.807) is 7.11 Å². The van der Waals surface area contributed by atoms with E-state index in [0.717, 1.165) is 12.8 Å². The van der Waals surface area contributed by atoms with Gasteiger partial charge in [0.2, 0.25) is 0 Å². The highest BCUT2D eigenvalue weighted by Crippen LogP contribution is 2.40. The Hall–Kier alpha value is 0.210. The summed E-state index contributed by atoms with van der Waals surface area (Å²) in [4.78, 5) is 0. The topological polar surface area (TPSA) is 12.5 Å². The van der Waals surface area contributed by atoms with Crippen LogP contribution in [0.5, 0.6) is 0 Å². The van der Waals surface area contributed by atoms with Crippen LogP contribution >= 0.6 is 11.8 Å². The number of rotatable bonds is 1. The summed E-state index contributed by atoms with van der Waals surface area (Å²) in [5.41, 5.74) is 0.0357. The summed E-state index contributed by atoms with van der Waals surface area (Å²) in [6.07, 6.45) is 2.33. The van der Waals surface area contributed by atoms with Crippen molar-refractivity contribution in [1.82, 2.24) is 4.42 Å². The number of halogens is 1. The lowest BCUT2D eigenvalue weighted by molar-refractivity contribution is -0.0456. The fraction of sp³-hybridized carbons (Fsp3) is 1.00. The molecule has 0 bridgehead atoms. The molecule has 0 aromatic heterocycles. The van der Waals surface area contributed by atoms with Crippen molar-refractivity contribution in [2.45, 2.75) is 57.7 Å². The van der Waals surface area contributed by atoms with Crippen molar-refractivity contribution in [3.05, 3.63) is 0 Å². The Kier molecular flexibility index (Phi) is 2.96. The smallest absolute Gasteiger partial charge is 0.0607 e. The van der Waals surface area contributed by atoms with Gasteiger partial charge in [0.1, 0.15) is 0 Å². The van der Waals surface area contributed by atoms with Crippen LogP contribution in [0.1, 0.15) is 40.5 Å². The van der Waals surface area contributed by atoms with Gasteiger partial charge in [0.25, 0.3) is 0 Å². The lowest BCUT2D eigenvalue weighted by Gasteiger charge is -2.50. The molecule has 0 aliphatic carbocycles. The second-order valence-electron chi connectivity index (χ2n) is 5.17. The van der Waals surface area contributed by atoms with E-state index in [9.17, 15) is 0 Å². The quantitative estimate of drug-likeness (QED) is 0.611. The molecule has 2 nitrogen and oxygen atoms in total. The second-order valence-corrected chi connectivity index (χ2v) is 5.51. The van der Waals surface area contributed by atoms with Crippen molar-refractivity contribution in [3.8, 4) is 0 Å². The van der Waals surface area contributed by atoms with Crippen molar-refractivity contribution in [2.75, 3.05) is 7.11 Å². The lowest BCUT2D eigenvalue weighted by atomic mass is 9.81. The van der Waals surface area contributed by atoms with E-state index in [-0.39, 0.29) is 11.1 Å². The zero-order valence-corrected chi connectivity index (χ0v) is 9.98. The SMILES string of the molecule is COC1CC(C)(C)N(Cl)C(C)(C)C1. The summed E-state index contributed by atoms with van der Waals surface area (Å²) in [5.74, 6) is 0. The summed E-state index contributed by atoms with van der Waals surface area (Å²) >= 11 is 6.30. The predicted octanol–water partition coefficient (Wildman–Crippen LogP) is 2.81. The molecule has 0 unspecified atom stereocenters. The van der Waals surface area contributed by atoms with E-state index in [4.69, 9.17) is 16.5 Å². The molecule has 0 radical (unpaired) electrons. The molecule has 1 saturated heterocycles. The maximum absolute atomic E-state index is 6.30. The molecule has 0 saturated carbocycles. The van der Waals surface area contributed by atoms with Crippen LogP contribution in [0, 0.1) is 0 Å². The maximum atomic E-state index is 6.30. The molecule has 1 aliphatic rings. The van der Waals surface area contributed by atoms with Gasteiger partial charge in [-0.15, -0.1) is 0 Å². The van der Waals surface area contributed by atoms with Crippen LogP contribution < -0.4 is 0 Å². The highest BCUT2D eigenvalue weighted by molar-refractivity contribution is 6.14. The molecular formula is C10H20ClNO. The Balaban J connectivity index is 2.82. The fourth-order valence-electron chi connectivity index (χ4n) is 2.33. The summed E-state index contributed by atoms with van der Waals surface area (Å²) in [6, 6.07) is 0. The van der Waals surface area contributed by atoms with E-state index < -0.39 is 0 Å². The normalized spacial score (nSPS) is 29.1. The Morgan fingerprint density at radius 2 is 1.54 bits per heavy atom. The largest absolute Gasteiger partial charge is 0.381 e. The zero-order valence-electron chi connectivity index (χ0n) is 9.22. The van der Waals surface area contributed by atoms with Gasteiger partial charge < -0.3 is 4.74 Å². The molecule has 0 amide bonds. The van der Waals surface area contributed by atoms with Gasteiger partial charge in [-0.2, -0.15) is 0 Å². The molecule has 1 rings (SSSR count). The maximum Gasteiger partial charge on any atom is 0.0607 e.